The van der Waals surface area contributed by atoms with Crippen LogP contribution in [0.5, 0.6) is 0 Å². The summed E-state index contributed by atoms with van der Waals surface area (Å²) in [6.45, 7) is 0.515. The van der Waals surface area contributed by atoms with Crippen LogP contribution >= 0.6 is 0 Å². The highest BCUT2D eigenvalue weighted by Crippen LogP contribution is 2.33. The van der Waals surface area contributed by atoms with Gasteiger partial charge in [0.1, 0.15) is 11.6 Å². The van der Waals surface area contributed by atoms with Gasteiger partial charge in [-0.3, -0.25) is 4.98 Å². The number of sulfonamides is 1. The first-order valence-corrected chi connectivity index (χ1v) is 11.3. The largest absolute Gasteiger partial charge is 0.324 e. The number of benzene rings is 1. The molecule has 150 valence electrons. The Kier molecular flexibility index (Phi) is 5.82. The molecular weight excluding hydrogens is 386 g/mol. The monoisotopic (exact) mass is 409 g/mol. The van der Waals surface area contributed by atoms with Crippen molar-refractivity contribution >= 4 is 21.7 Å². The van der Waals surface area contributed by atoms with Crippen molar-refractivity contribution < 1.29 is 8.42 Å². The summed E-state index contributed by atoms with van der Waals surface area (Å²) in [5, 5.41) is 3.12. The number of anilines is 2. The van der Waals surface area contributed by atoms with Gasteiger partial charge in [-0.05, 0) is 37.0 Å². The number of nitrogens with zero attached hydrogens (tertiary/aromatic N) is 4. The summed E-state index contributed by atoms with van der Waals surface area (Å²) in [6, 6.07) is 15.0. The maximum atomic E-state index is 13.0. The van der Waals surface area contributed by atoms with Crippen LogP contribution in [0.4, 0.5) is 11.6 Å². The van der Waals surface area contributed by atoms with Crippen molar-refractivity contribution in [1.82, 2.24) is 19.3 Å². The summed E-state index contributed by atoms with van der Waals surface area (Å²) < 4.78 is 27.6. The fourth-order valence-electron chi connectivity index (χ4n) is 3.55. The highest BCUT2D eigenvalue weighted by molar-refractivity contribution is 7.89. The van der Waals surface area contributed by atoms with Gasteiger partial charge >= 0.3 is 0 Å². The summed E-state index contributed by atoms with van der Waals surface area (Å²) in [4.78, 5) is 13.1. The first-order chi connectivity index (χ1) is 14.1. The second-order valence-electron chi connectivity index (χ2n) is 6.99. The Balaban J connectivity index is 1.49. The first-order valence-electron chi connectivity index (χ1n) is 9.65. The van der Waals surface area contributed by atoms with E-state index in [1.54, 1.807) is 22.9 Å². The van der Waals surface area contributed by atoms with Gasteiger partial charge in [0.05, 0.1) is 29.9 Å². The average Bonchev–Trinajstić information content (AvgIpc) is 3.25. The third-order valence-electron chi connectivity index (χ3n) is 4.97. The fraction of sp³-hybridized carbons (Fsp3) is 0.286. The molecule has 1 atom stereocenters. The van der Waals surface area contributed by atoms with E-state index in [0.717, 1.165) is 18.4 Å². The molecule has 0 bridgehead atoms. The Morgan fingerprint density at radius 2 is 1.86 bits per heavy atom. The lowest BCUT2D eigenvalue weighted by atomic mass is 10.2. The van der Waals surface area contributed by atoms with Crippen LogP contribution < -0.4 is 5.32 Å². The van der Waals surface area contributed by atoms with Crippen LogP contribution in [-0.2, 0) is 16.4 Å². The molecule has 2 aromatic heterocycles. The van der Waals surface area contributed by atoms with Crippen LogP contribution in [0.1, 0.15) is 30.1 Å². The van der Waals surface area contributed by atoms with Crippen molar-refractivity contribution in [2.45, 2.75) is 25.3 Å². The molecule has 1 saturated heterocycles. The number of aryl methyl sites for hydroxylation is 1. The number of hydrogen-bond donors (Lipinski definition) is 1. The number of nitrogens with one attached hydrogen (secondary N) is 1. The molecule has 1 fully saturated rings. The van der Waals surface area contributed by atoms with E-state index in [0.29, 0.717) is 30.3 Å². The number of pyridine rings is 1. The van der Waals surface area contributed by atoms with E-state index in [-0.39, 0.29) is 11.8 Å². The van der Waals surface area contributed by atoms with Gasteiger partial charge < -0.3 is 5.32 Å². The van der Waals surface area contributed by atoms with Crippen LogP contribution in [-0.4, -0.2) is 40.0 Å². The van der Waals surface area contributed by atoms with Crippen molar-refractivity contribution in [2.75, 3.05) is 17.6 Å². The minimum atomic E-state index is -3.39. The third kappa shape index (κ3) is 4.78. The standard InChI is InChI=1S/C21H23N5O2S/c27-29(28,14-11-17-7-2-1-3-8-17)26-13-6-9-19(26)18-15-22-16-21(24-18)25-20-10-4-5-12-23-20/h1-5,7-8,10,12,15-16,19H,6,9,11,13-14H2,(H,23,24,25). The lowest BCUT2D eigenvalue weighted by Crippen LogP contribution is -2.33. The van der Waals surface area contributed by atoms with E-state index in [1.165, 1.54) is 0 Å². The van der Waals surface area contributed by atoms with Gasteiger partial charge in [0.25, 0.3) is 0 Å². The van der Waals surface area contributed by atoms with Crippen molar-refractivity contribution in [3.05, 3.63) is 78.4 Å². The predicted molar refractivity (Wildman–Crippen MR) is 112 cm³/mol. The molecule has 1 N–H and O–H groups in total. The lowest BCUT2D eigenvalue weighted by Gasteiger charge is -2.23. The van der Waals surface area contributed by atoms with Gasteiger partial charge in [-0.25, -0.2) is 18.4 Å². The lowest BCUT2D eigenvalue weighted by molar-refractivity contribution is 0.390. The van der Waals surface area contributed by atoms with Crippen LogP contribution in [0.3, 0.4) is 0 Å². The number of aromatic nitrogens is 3. The molecule has 1 unspecified atom stereocenters. The molecule has 1 aromatic carbocycles. The summed E-state index contributed by atoms with van der Waals surface area (Å²) in [7, 11) is -3.39. The molecule has 0 saturated carbocycles. The van der Waals surface area contributed by atoms with Gasteiger partial charge in [-0.1, -0.05) is 36.4 Å². The Labute approximate surface area is 170 Å². The minimum absolute atomic E-state index is 0.0901. The summed E-state index contributed by atoms with van der Waals surface area (Å²) in [6.07, 6.45) is 7.01. The Hall–Kier alpha value is -2.84. The van der Waals surface area contributed by atoms with Crippen molar-refractivity contribution in [3.8, 4) is 0 Å². The second kappa shape index (κ2) is 8.67. The van der Waals surface area contributed by atoms with E-state index in [2.05, 4.69) is 20.3 Å². The average molecular weight is 410 g/mol. The zero-order valence-electron chi connectivity index (χ0n) is 16.0. The third-order valence-corrected chi connectivity index (χ3v) is 6.84. The zero-order valence-corrected chi connectivity index (χ0v) is 16.8. The maximum absolute atomic E-state index is 13.0. The molecule has 3 aromatic rings. The molecular formula is C21H23N5O2S. The maximum Gasteiger partial charge on any atom is 0.215 e. The Morgan fingerprint density at radius 1 is 1.03 bits per heavy atom. The van der Waals surface area contributed by atoms with Gasteiger partial charge in [-0.15, -0.1) is 0 Å². The van der Waals surface area contributed by atoms with Crippen LogP contribution in [0.15, 0.2) is 67.1 Å². The predicted octanol–water partition coefficient (Wildman–Crippen LogP) is 3.32. The van der Waals surface area contributed by atoms with Crippen molar-refractivity contribution in [1.29, 1.82) is 0 Å². The van der Waals surface area contributed by atoms with Crippen molar-refractivity contribution in [2.24, 2.45) is 0 Å². The van der Waals surface area contributed by atoms with E-state index < -0.39 is 10.0 Å². The molecule has 4 rings (SSSR count). The molecule has 29 heavy (non-hydrogen) atoms. The molecule has 0 spiro atoms. The molecule has 8 heteroatoms. The van der Waals surface area contributed by atoms with Crippen LogP contribution in [0, 0.1) is 0 Å². The molecule has 7 nitrogen and oxygen atoms in total. The number of rotatable bonds is 7. The molecule has 3 heterocycles. The van der Waals surface area contributed by atoms with Crippen molar-refractivity contribution in [3.63, 3.8) is 0 Å². The SMILES string of the molecule is O=S(=O)(CCc1ccccc1)N1CCCC1c1cncc(Nc2ccccn2)n1. The Bertz CT molecular complexity index is 1040. The molecule has 0 aliphatic carbocycles. The van der Waals surface area contributed by atoms with E-state index in [9.17, 15) is 8.42 Å². The van der Waals surface area contributed by atoms with Crippen LogP contribution in [0.2, 0.25) is 0 Å². The second-order valence-corrected chi connectivity index (χ2v) is 9.03. The molecule has 1 aliphatic heterocycles. The van der Waals surface area contributed by atoms with E-state index in [1.807, 2.05) is 48.5 Å². The van der Waals surface area contributed by atoms with E-state index in [4.69, 9.17) is 0 Å². The summed E-state index contributed by atoms with van der Waals surface area (Å²) in [5.74, 6) is 1.31. The topological polar surface area (TPSA) is 88.1 Å². The summed E-state index contributed by atoms with van der Waals surface area (Å²) in [5.41, 5.74) is 1.68. The number of hydrogen-bond acceptors (Lipinski definition) is 6. The first kappa shape index (κ1) is 19.5. The summed E-state index contributed by atoms with van der Waals surface area (Å²) >= 11 is 0. The molecule has 0 radical (unpaired) electrons. The van der Waals surface area contributed by atoms with Gasteiger partial charge in [0.2, 0.25) is 10.0 Å². The normalized spacial score (nSPS) is 17.3. The van der Waals surface area contributed by atoms with Gasteiger partial charge in [0.15, 0.2) is 0 Å². The quantitative estimate of drug-likeness (QED) is 0.644. The van der Waals surface area contributed by atoms with E-state index >= 15 is 0 Å². The minimum Gasteiger partial charge on any atom is -0.324 e. The zero-order chi connectivity index (χ0) is 20.1. The highest BCUT2D eigenvalue weighted by Gasteiger charge is 2.36. The van der Waals surface area contributed by atoms with Crippen LogP contribution in [0.25, 0.3) is 0 Å². The molecule has 1 aliphatic rings. The molecule has 0 amide bonds. The fourth-order valence-corrected chi connectivity index (χ4v) is 5.28. The van der Waals surface area contributed by atoms with Gasteiger partial charge in [-0.2, -0.15) is 4.31 Å². The van der Waals surface area contributed by atoms with Gasteiger partial charge in [0, 0.05) is 12.7 Å². The Morgan fingerprint density at radius 3 is 2.66 bits per heavy atom. The highest BCUT2D eigenvalue weighted by atomic mass is 32.2. The smallest absolute Gasteiger partial charge is 0.215 e.